The molecule has 33 heavy (non-hydrogen) atoms. The van der Waals surface area contributed by atoms with Crippen LogP contribution < -0.4 is 10.2 Å². The zero-order chi connectivity index (χ0) is 24.0. The van der Waals surface area contributed by atoms with Gasteiger partial charge in [0.15, 0.2) is 0 Å². The number of nitro groups is 1. The first-order valence-electron chi connectivity index (χ1n) is 10.7. The van der Waals surface area contributed by atoms with E-state index in [-0.39, 0.29) is 18.1 Å². The van der Waals surface area contributed by atoms with E-state index in [1.165, 1.54) is 18.3 Å². The number of alkyl halides is 3. The Morgan fingerprint density at radius 2 is 1.94 bits per heavy atom. The predicted octanol–water partition coefficient (Wildman–Crippen LogP) is 2.84. The molecule has 1 aliphatic heterocycles. The standard InChI is InChI=1S/C21H27F3N6O3/c1-16-26-19(30(32)33)15-29(16)9-6-20(31)25-7-3-8-27-10-12-28(13-11-27)18-5-2-4-17(14-18)21(22,23)24/h2,4-5,14-15H,3,6-13H2,1H3,(H,25,31). The third kappa shape index (κ3) is 6.91. The topological polar surface area (TPSA) is 96.5 Å². The summed E-state index contributed by atoms with van der Waals surface area (Å²) in [5, 5.41) is 13.6. The summed E-state index contributed by atoms with van der Waals surface area (Å²) >= 11 is 0. The smallest absolute Gasteiger partial charge is 0.369 e. The molecule has 1 fully saturated rings. The van der Waals surface area contributed by atoms with Crippen LogP contribution in [-0.4, -0.2) is 64.6 Å². The Hall–Kier alpha value is -3.15. The van der Waals surface area contributed by atoms with E-state index >= 15 is 0 Å². The molecule has 2 aromatic rings. The molecule has 0 bridgehead atoms. The molecule has 0 radical (unpaired) electrons. The average molecular weight is 468 g/mol. The van der Waals surface area contributed by atoms with Crippen LogP contribution in [-0.2, 0) is 17.5 Å². The lowest BCUT2D eigenvalue weighted by Gasteiger charge is -2.36. The molecule has 0 saturated carbocycles. The Morgan fingerprint density at radius 1 is 1.21 bits per heavy atom. The number of carbonyl (C=O) groups excluding carboxylic acids is 1. The van der Waals surface area contributed by atoms with Crippen LogP contribution in [0.3, 0.4) is 0 Å². The number of benzene rings is 1. The van der Waals surface area contributed by atoms with Gasteiger partial charge in [0.05, 0.1) is 5.56 Å². The molecule has 0 atom stereocenters. The van der Waals surface area contributed by atoms with E-state index in [1.807, 2.05) is 4.90 Å². The van der Waals surface area contributed by atoms with E-state index in [0.29, 0.717) is 37.7 Å². The highest BCUT2D eigenvalue weighted by Crippen LogP contribution is 2.31. The monoisotopic (exact) mass is 468 g/mol. The number of hydrogen-bond acceptors (Lipinski definition) is 6. The summed E-state index contributed by atoms with van der Waals surface area (Å²) in [5.41, 5.74) is -0.0604. The number of amides is 1. The molecule has 2 heterocycles. The minimum absolute atomic E-state index is 0.139. The number of carbonyl (C=O) groups is 1. The SMILES string of the molecule is Cc1nc([N+](=O)[O-])cn1CCC(=O)NCCCN1CCN(c2cccc(C(F)(F)F)c2)CC1. The summed E-state index contributed by atoms with van der Waals surface area (Å²) in [6, 6.07) is 5.40. The maximum absolute atomic E-state index is 12.9. The number of nitrogens with one attached hydrogen (secondary N) is 1. The summed E-state index contributed by atoms with van der Waals surface area (Å²) in [7, 11) is 0. The number of anilines is 1. The highest BCUT2D eigenvalue weighted by atomic mass is 19.4. The summed E-state index contributed by atoms with van der Waals surface area (Å²) in [6.07, 6.45) is -2.08. The van der Waals surface area contributed by atoms with Gasteiger partial charge < -0.3 is 24.9 Å². The van der Waals surface area contributed by atoms with E-state index in [0.717, 1.165) is 32.1 Å². The van der Waals surface area contributed by atoms with Crippen LogP contribution >= 0.6 is 0 Å². The van der Waals surface area contributed by atoms with Crippen molar-refractivity contribution >= 4 is 17.4 Å². The van der Waals surface area contributed by atoms with E-state index in [9.17, 15) is 28.1 Å². The van der Waals surface area contributed by atoms with Crippen molar-refractivity contribution in [1.29, 1.82) is 0 Å². The number of imidazole rings is 1. The van der Waals surface area contributed by atoms with Gasteiger partial charge in [0, 0.05) is 58.3 Å². The normalized spacial score (nSPS) is 15.0. The third-order valence-electron chi connectivity index (χ3n) is 5.61. The largest absolute Gasteiger partial charge is 0.416 e. The predicted molar refractivity (Wildman–Crippen MR) is 116 cm³/mol. The van der Waals surface area contributed by atoms with Crippen molar-refractivity contribution in [3.05, 3.63) is 52.0 Å². The van der Waals surface area contributed by atoms with Crippen molar-refractivity contribution in [2.24, 2.45) is 0 Å². The average Bonchev–Trinajstić information content (AvgIpc) is 3.16. The van der Waals surface area contributed by atoms with Gasteiger partial charge in [0.1, 0.15) is 6.20 Å². The molecule has 9 nitrogen and oxygen atoms in total. The Bertz CT molecular complexity index is 970. The van der Waals surface area contributed by atoms with E-state index in [1.54, 1.807) is 17.6 Å². The second kappa shape index (κ2) is 10.6. The minimum Gasteiger partial charge on any atom is -0.369 e. The van der Waals surface area contributed by atoms with Gasteiger partial charge in [0.25, 0.3) is 0 Å². The van der Waals surface area contributed by atoms with Crippen molar-refractivity contribution in [3.8, 4) is 0 Å². The van der Waals surface area contributed by atoms with E-state index in [4.69, 9.17) is 0 Å². The molecule has 1 aromatic carbocycles. The van der Waals surface area contributed by atoms with Crippen molar-refractivity contribution < 1.29 is 22.9 Å². The van der Waals surface area contributed by atoms with Gasteiger partial charge in [-0.25, -0.2) is 0 Å². The van der Waals surface area contributed by atoms with Crippen LogP contribution in [0.1, 0.15) is 24.2 Å². The molecule has 3 rings (SSSR count). The summed E-state index contributed by atoms with van der Waals surface area (Å²) in [5.74, 6) is 0.111. The summed E-state index contributed by atoms with van der Waals surface area (Å²) in [6.45, 7) is 6.02. The Balaban J connectivity index is 1.33. The van der Waals surface area contributed by atoms with Gasteiger partial charge in [-0.1, -0.05) is 6.07 Å². The third-order valence-corrected chi connectivity index (χ3v) is 5.61. The van der Waals surface area contributed by atoms with Gasteiger partial charge in [-0.05, 0) is 41.1 Å². The molecule has 1 saturated heterocycles. The van der Waals surface area contributed by atoms with E-state index in [2.05, 4.69) is 15.2 Å². The van der Waals surface area contributed by atoms with Crippen LogP contribution in [0.15, 0.2) is 30.5 Å². The summed E-state index contributed by atoms with van der Waals surface area (Å²) in [4.78, 5) is 30.2. The van der Waals surface area contributed by atoms with Crippen molar-refractivity contribution in [3.63, 3.8) is 0 Å². The van der Waals surface area contributed by atoms with Gasteiger partial charge in [0.2, 0.25) is 11.7 Å². The van der Waals surface area contributed by atoms with Crippen LogP contribution in [0, 0.1) is 17.0 Å². The Kier molecular flexibility index (Phi) is 7.90. The van der Waals surface area contributed by atoms with Crippen LogP contribution in [0.5, 0.6) is 0 Å². The van der Waals surface area contributed by atoms with Crippen LogP contribution in [0.2, 0.25) is 0 Å². The van der Waals surface area contributed by atoms with Gasteiger partial charge in [-0.2, -0.15) is 13.2 Å². The lowest BCUT2D eigenvalue weighted by Crippen LogP contribution is -2.47. The van der Waals surface area contributed by atoms with Crippen molar-refractivity contribution in [2.45, 2.75) is 32.5 Å². The van der Waals surface area contributed by atoms with Crippen molar-refractivity contribution in [2.75, 3.05) is 44.2 Å². The molecule has 1 aromatic heterocycles. The molecule has 12 heteroatoms. The number of aromatic nitrogens is 2. The minimum atomic E-state index is -4.35. The second-order valence-electron chi connectivity index (χ2n) is 7.93. The quantitative estimate of drug-likeness (QED) is 0.345. The first-order chi connectivity index (χ1) is 15.6. The number of hydrogen-bond donors (Lipinski definition) is 1. The fraction of sp³-hybridized carbons (Fsp3) is 0.524. The lowest BCUT2D eigenvalue weighted by atomic mass is 10.1. The molecular weight excluding hydrogens is 441 g/mol. The zero-order valence-electron chi connectivity index (χ0n) is 18.3. The Morgan fingerprint density at radius 3 is 2.58 bits per heavy atom. The second-order valence-corrected chi connectivity index (χ2v) is 7.93. The molecule has 1 amide bonds. The highest BCUT2D eigenvalue weighted by Gasteiger charge is 2.31. The van der Waals surface area contributed by atoms with Crippen LogP contribution in [0.4, 0.5) is 24.7 Å². The molecule has 180 valence electrons. The first-order valence-corrected chi connectivity index (χ1v) is 10.7. The fourth-order valence-corrected chi connectivity index (χ4v) is 3.76. The maximum atomic E-state index is 12.9. The number of rotatable bonds is 9. The fourth-order valence-electron chi connectivity index (χ4n) is 3.76. The van der Waals surface area contributed by atoms with Crippen LogP contribution in [0.25, 0.3) is 0 Å². The summed E-state index contributed by atoms with van der Waals surface area (Å²) < 4.78 is 40.4. The van der Waals surface area contributed by atoms with Gasteiger partial charge in [-0.15, -0.1) is 0 Å². The maximum Gasteiger partial charge on any atom is 0.416 e. The van der Waals surface area contributed by atoms with E-state index < -0.39 is 16.7 Å². The number of nitrogens with zero attached hydrogens (tertiary/aromatic N) is 5. The van der Waals surface area contributed by atoms with Gasteiger partial charge >= 0.3 is 12.0 Å². The molecule has 0 spiro atoms. The number of halogens is 3. The first kappa shape index (κ1) is 24.5. The highest BCUT2D eigenvalue weighted by molar-refractivity contribution is 5.75. The zero-order valence-corrected chi connectivity index (χ0v) is 18.3. The molecule has 1 N–H and O–H groups in total. The molecule has 0 aliphatic carbocycles. The number of aryl methyl sites for hydroxylation is 2. The lowest BCUT2D eigenvalue weighted by molar-refractivity contribution is -0.389. The van der Waals surface area contributed by atoms with Crippen molar-refractivity contribution in [1.82, 2.24) is 19.8 Å². The number of piperazine rings is 1. The van der Waals surface area contributed by atoms with Gasteiger partial charge in [-0.3, -0.25) is 9.69 Å². The Labute approximate surface area is 189 Å². The molecule has 0 unspecified atom stereocenters. The molecular formula is C21H27F3N6O3. The molecule has 1 aliphatic rings.